The van der Waals surface area contributed by atoms with Gasteiger partial charge in [0, 0.05) is 11.3 Å². The van der Waals surface area contributed by atoms with E-state index in [1.54, 1.807) is 12.1 Å². The minimum absolute atomic E-state index is 0.231. The van der Waals surface area contributed by atoms with Crippen molar-refractivity contribution in [2.45, 2.75) is 39.0 Å². The van der Waals surface area contributed by atoms with Gasteiger partial charge < -0.3 is 4.74 Å². The molecule has 0 bridgehead atoms. The monoisotopic (exact) mass is 281 g/mol. The molecule has 1 rings (SSSR count). The molecule has 0 aliphatic carbocycles. The maximum Gasteiger partial charge on any atom is 0.133 e. The molecule has 104 valence electrons. The number of hydrogen-bond donors (Lipinski definition) is 0. The second kappa shape index (κ2) is 8.82. The number of benzene rings is 1. The van der Waals surface area contributed by atoms with Crippen LogP contribution in [0.2, 0.25) is 0 Å². The van der Waals surface area contributed by atoms with Crippen molar-refractivity contribution in [2.24, 2.45) is 0 Å². The Balaban J connectivity index is 2.86. The molecule has 2 nitrogen and oxygen atoms in total. The van der Waals surface area contributed by atoms with E-state index in [1.807, 2.05) is 6.92 Å². The molecule has 0 aromatic heterocycles. The topological polar surface area (TPSA) is 33.0 Å². The second-order valence-electron chi connectivity index (χ2n) is 4.36. The van der Waals surface area contributed by atoms with E-state index in [1.165, 1.54) is 17.8 Å². The van der Waals surface area contributed by atoms with E-state index in [4.69, 9.17) is 10.00 Å². The molecule has 0 aliphatic rings. The van der Waals surface area contributed by atoms with Gasteiger partial charge in [0.05, 0.1) is 6.61 Å². The molecule has 0 fully saturated rings. The standard InChI is InChI=1S/C15H20FNOS/c1-3-8-18-15-6-5-13(16)10-14(15)12(4-2)7-9-19-11-17/h5-6,10,12H,3-4,7-9H2,1-2H3. The van der Waals surface area contributed by atoms with Crippen LogP contribution in [-0.4, -0.2) is 12.4 Å². The number of ether oxygens (including phenoxy) is 1. The Hall–Kier alpha value is -1.21. The summed E-state index contributed by atoms with van der Waals surface area (Å²) in [6.45, 7) is 4.77. The predicted molar refractivity (Wildman–Crippen MR) is 77.9 cm³/mol. The number of thiocyanates is 1. The summed E-state index contributed by atoms with van der Waals surface area (Å²) in [5, 5.41) is 10.6. The van der Waals surface area contributed by atoms with Gasteiger partial charge >= 0.3 is 0 Å². The maximum absolute atomic E-state index is 13.4. The highest BCUT2D eigenvalue weighted by Gasteiger charge is 2.15. The third kappa shape index (κ3) is 5.12. The van der Waals surface area contributed by atoms with Crippen LogP contribution in [0.15, 0.2) is 18.2 Å². The van der Waals surface area contributed by atoms with E-state index in [2.05, 4.69) is 12.3 Å². The zero-order valence-corrected chi connectivity index (χ0v) is 12.3. The fourth-order valence-electron chi connectivity index (χ4n) is 2.01. The lowest BCUT2D eigenvalue weighted by molar-refractivity contribution is 0.310. The molecule has 0 heterocycles. The first-order valence-corrected chi connectivity index (χ1v) is 7.64. The lowest BCUT2D eigenvalue weighted by Crippen LogP contribution is -2.05. The van der Waals surface area contributed by atoms with Crippen LogP contribution in [0.5, 0.6) is 5.75 Å². The smallest absolute Gasteiger partial charge is 0.133 e. The van der Waals surface area contributed by atoms with Crippen molar-refractivity contribution < 1.29 is 9.13 Å². The van der Waals surface area contributed by atoms with Gasteiger partial charge in [0.15, 0.2) is 0 Å². The lowest BCUT2D eigenvalue weighted by atomic mass is 9.93. The lowest BCUT2D eigenvalue weighted by Gasteiger charge is -2.19. The summed E-state index contributed by atoms with van der Waals surface area (Å²) in [4.78, 5) is 0. The minimum Gasteiger partial charge on any atom is -0.493 e. The number of nitrogens with zero attached hydrogens (tertiary/aromatic N) is 1. The van der Waals surface area contributed by atoms with Crippen LogP contribution in [0, 0.1) is 16.5 Å². The summed E-state index contributed by atoms with van der Waals surface area (Å²) in [6.07, 6.45) is 2.70. The van der Waals surface area contributed by atoms with Crippen molar-refractivity contribution in [3.63, 3.8) is 0 Å². The Morgan fingerprint density at radius 2 is 2.21 bits per heavy atom. The molecule has 1 aromatic carbocycles. The molecule has 0 spiro atoms. The fraction of sp³-hybridized carbons (Fsp3) is 0.533. The summed E-state index contributed by atoms with van der Waals surface area (Å²) < 4.78 is 19.1. The number of thioether (sulfide) groups is 1. The van der Waals surface area contributed by atoms with Gasteiger partial charge in [-0.3, -0.25) is 0 Å². The Morgan fingerprint density at radius 1 is 1.42 bits per heavy atom. The van der Waals surface area contributed by atoms with Gasteiger partial charge in [0.1, 0.15) is 17.0 Å². The molecule has 1 unspecified atom stereocenters. The highest BCUT2D eigenvalue weighted by atomic mass is 32.2. The van der Waals surface area contributed by atoms with E-state index in [9.17, 15) is 4.39 Å². The fourth-order valence-corrected chi connectivity index (χ4v) is 2.50. The third-order valence-electron chi connectivity index (χ3n) is 3.00. The molecule has 0 amide bonds. The normalized spacial score (nSPS) is 11.9. The molecule has 4 heteroatoms. The molecule has 0 saturated carbocycles. The quantitative estimate of drug-likeness (QED) is 0.511. The van der Waals surface area contributed by atoms with Gasteiger partial charge in [-0.1, -0.05) is 13.8 Å². The van der Waals surface area contributed by atoms with Crippen LogP contribution in [0.25, 0.3) is 0 Å². The maximum atomic E-state index is 13.4. The van der Waals surface area contributed by atoms with Crippen LogP contribution in [-0.2, 0) is 0 Å². The third-order valence-corrected chi connectivity index (χ3v) is 3.57. The van der Waals surface area contributed by atoms with Gasteiger partial charge in [0.25, 0.3) is 0 Å². The molecule has 0 radical (unpaired) electrons. The first-order chi connectivity index (χ1) is 9.22. The van der Waals surface area contributed by atoms with Gasteiger partial charge in [-0.25, -0.2) is 4.39 Å². The first-order valence-electron chi connectivity index (χ1n) is 6.66. The van der Waals surface area contributed by atoms with Crippen molar-refractivity contribution in [3.8, 4) is 11.2 Å². The number of rotatable bonds is 8. The molecule has 0 N–H and O–H groups in total. The number of halogens is 1. The molecular formula is C15H20FNOS. The van der Waals surface area contributed by atoms with E-state index in [0.29, 0.717) is 6.61 Å². The zero-order chi connectivity index (χ0) is 14.1. The number of hydrogen-bond acceptors (Lipinski definition) is 3. The summed E-state index contributed by atoms with van der Waals surface area (Å²) in [7, 11) is 0. The Bertz CT molecular complexity index is 431. The van der Waals surface area contributed by atoms with Crippen LogP contribution < -0.4 is 4.74 Å². The van der Waals surface area contributed by atoms with Crippen LogP contribution in [0.3, 0.4) is 0 Å². The summed E-state index contributed by atoms with van der Waals surface area (Å²) >= 11 is 1.25. The van der Waals surface area contributed by atoms with Gasteiger partial charge in [-0.15, -0.1) is 0 Å². The zero-order valence-electron chi connectivity index (χ0n) is 11.5. The molecule has 1 aromatic rings. The molecule has 19 heavy (non-hydrogen) atoms. The van der Waals surface area contributed by atoms with E-state index < -0.39 is 0 Å². The highest BCUT2D eigenvalue weighted by Crippen LogP contribution is 2.33. The molecule has 0 saturated heterocycles. The largest absolute Gasteiger partial charge is 0.493 e. The average molecular weight is 281 g/mol. The summed E-state index contributed by atoms with van der Waals surface area (Å²) in [6, 6.07) is 4.71. The average Bonchev–Trinajstić information content (AvgIpc) is 2.42. The predicted octanol–water partition coefficient (Wildman–Crippen LogP) is 4.71. The van der Waals surface area contributed by atoms with Crippen LogP contribution >= 0.6 is 11.8 Å². The van der Waals surface area contributed by atoms with Crippen molar-refractivity contribution in [1.82, 2.24) is 0 Å². The Morgan fingerprint density at radius 3 is 2.84 bits per heavy atom. The second-order valence-corrected chi connectivity index (χ2v) is 5.24. The highest BCUT2D eigenvalue weighted by molar-refractivity contribution is 8.03. The minimum atomic E-state index is -0.231. The Kier molecular flexibility index (Phi) is 7.35. The molecule has 0 aliphatic heterocycles. The van der Waals surface area contributed by atoms with Gasteiger partial charge in [-0.2, -0.15) is 5.26 Å². The SMILES string of the molecule is CCCOc1ccc(F)cc1C(CC)CCSC#N. The van der Waals surface area contributed by atoms with Gasteiger partial charge in [0.2, 0.25) is 0 Å². The number of nitriles is 1. The van der Waals surface area contributed by atoms with E-state index in [0.717, 1.165) is 36.3 Å². The Labute approximate surface area is 119 Å². The molecule has 1 atom stereocenters. The van der Waals surface area contributed by atoms with Crippen molar-refractivity contribution in [3.05, 3.63) is 29.6 Å². The van der Waals surface area contributed by atoms with E-state index in [-0.39, 0.29) is 11.7 Å². The van der Waals surface area contributed by atoms with Crippen molar-refractivity contribution >= 4 is 11.8 Å². The molecular weight excluding hydrogens is 261 g/mol. The van der Waals surface area contributed by atoms with E-state index >= 15 is 0 Å². The van der Waals surface area contributed by atoms with Gasteiger partial charge in [-0.05, 0) is 55.1 Å². The summed E-state index contributed by atoms with van der Waals surface area (Å²) in [5.74, 6) is 1.55. The van der Waals surface area contributed by atoms with Crippen LogP contribution in [0.4, 0.5) is 4.39 Å². The van der Waals surface area contributed by atoms with Crippen LogP contribution in [0.1, 0.15) is 44.6 Å². The van der Waals surface area contributed by atoms with Crippen molar-refractivity contribution in [1.29, 1.82) is 5.26 Å². The first kappa shape index (κ1) is 15.8. The van der Waals surface area contributed by atoms with Crippen molar-refractivity contribution in [2.75, 3.05) is 12.4 Å². The summed E-state index contributed by atoms with van der Waals surface area (Å²) in [5.41, 5.74) is 0.925.